The van der Waals surface area contributed by atoms with Crippen molar-refractivity contribution in [2.75, 3.05) is 6.54 Å². The third-order valence-corrected chi connectivity index (χ3v) is 3.83. The van der Waals surface area contributed by atoms with Crippen LogP contribution >= 0.6 is 11.3 Å². The second-order valence-corrected chi connectivity index (χ2v) is 5.30. The highest BCUT2D eigenvalue weighted by Crippen LogP contribution is 2.09. The third-order valence-electron chi connectivity index (χ3n) is 3.01. The van der Waals surface area contributed by atoms with Crippen molar-refractivity contribution in [1.29, 1.82) is 0 Å². The third kappa shape index (κ3) is 4.31. The first-order valence-electron chi connectivity index (χ1n) is 5.77. The fourth-order valence-electron chi connectivity index (χ4n) is 1.51. The molecule has 0 fully saturated rings. The monoisotopic (exact) mass is 226 g/mol. The van der Waals surface area contributed by atoms with Gasteiger partial charge in [-0.15, -0.1) is 11.3 Å². The van der Waals surface area contributed by atoms with E-state index in [9.17, 15) is 0 Å². The van der Waals surface area contributed by atoms with Gasteiger partial charge in [0.1, 0.15) is 0 Å². The number of thiazole rings is 1. The highest BCUT2D eigenvalue weighted by molar-refractivity contribution is 7.09. The van der Waals surface area contributed by atoms with Crippen LogP contribution in [0.5, 0.6) is 0 Å². The quantitative estimate of drug-likeness (QED) is 0.806. The lowest BCUT2D eigenvalue weighted by molar-refractivity contribution is 0.392. The van der Waals surface area contributed by atoms with Gasteiger partial charge in [0.15, 0.2) is 0 Å². The maximum absolute atomic E-state index is 4.45. The summed E-state index contributed by atoms with van der Waals surface area (Å²) in [4.78, 5) is 4.45. The van der Waals surface area contributed by atoms with Gasteiger partial charge in [-0.05, 0) is 19.8 Å². The van der Waals surface area contributed by atoms with Gasteiger partial charge >= 0.3 is 0 Å². The average Bonchev–Trinajstić information content (AvgIpc) is 2.63. The molecule has 1 N–H and O–H groups in total. The Morgan fingerprint density at radius 1 is 1.47 bits per heavy atom. The molecule has 1 heterocycles. The van der Waals surface area contributed by atoms with E-state index >= 15 is 0 Å². The molecule has 0 bridgehead atoms. The molecule has 0 saturated carbocycles. The topological polar surface area (TPSA) is 24.9 Å². The summed E-state index contributed by atoms with van der Waals surface area (Å²) in [7, 11) is 0. The molecule has 2 nitrogen and oxygen atoms in total. The van der Waals surface area contributed by atoms with Crippen molar-refractivity contribution in [3.05, 3.63) is 16.1 Å². The molecule has 2 atom stereocenters. The zero-order chi connectivity index (χ0) is 11.3. The Kier molecular flexibility index (Phi) is 5.26. The molecule has 0 aliphatic carbocycles. The number of hydrogen-bond donors (Lipinski definition) is 1. The molecule has 86 valence electrons. The Labute approximate surface area is 97.1 Å². The summed E-state index contributed by atoms with van der Waals surface area (Å²) < 4.78 is 0. The van der Waals surface area contributed by atoms with Crippen LogP contribution in [0.3, 0.4) is 0 Å². The molecule has 0 amide bonds. The Balaban J connectivity index is 2.21. The highest BCUT2D eigenvalue weighted by Gasteiger charge is 2.08. The van der Waals surface area contributed by atoms with E-state index in [0.29, 0.717) is 6.04 Å². The fraction of sp³-hybridized carbons (Fsp3) is 0.750. The van der Waals surface area contributed by atoms with Crippen LogP contribution in [0.2, 0.25) is 0 Å². The van der Waals surface area contributed by atoms with E-state index < -0.39 is 0 Å². The molecule has 1 aromatic rings. The Bertz CT molecular complexity index is 283. The predicted molar refractivity (Wildman–Crippen MR) is 67.5 cm³/mol. The lowest BCUT2D eigenvalue weighted by atomic mass is 10.0. The van der Waals surface area contributed by atoms with Crippen LogP contribution in [-0.4, -0.2) is 17.6 Å². The van der Waals surface area contributed by atoms with E-state index in [1.807, 2.05) is 0 Å². The number of nitrogens with zero attached hydrogens (tertiary/aromatic N) is 1. The van der Waals surface area contributed by atoms with Crippen molar-refractivity contribution < 1.29 is 0 Å². The lowest BCUT2D eigenvalue weighted by Gasteiger charge is -2.19. The Morgan fingerprint density at radius 2 is 2.20 bits per heavy atom. The van der Waals surface area contributed by atoms with Crippen LogP contribution in [-0.2, 0) is 6.42 Å². The minimum Gasteiger partial charge on any atom is -0.314 e. The van der Waals surface area contributed by atoms with E-state index in [-0.39, 0.29) is 0 Å². The van der Waals surface area contributed by atoms with Gasteiger partial charge in [-0.1, -0.05) is 20.3 Å². The summed E-state index contributed by atoms with van der Waals surface area (Å²) in [5, 5.41) is 6.88. The van der Waals surface area contributed by atoms with Crippen molar-refractivity contribution in [2.24, 2.45) is 5.92 Å². The van der Waals surface area contributed by atoms with E-state index in [1.165, 1.54) is 17.1 Å². The first-order chi connectivity index (χ1) is 7.13. The van der Waals surface area contributed by atoms with E-state index in [0.717, 1.165) is 18.9 Å². The largest absolute Gasteiger partial charge is 0.314 e. The van der Waals surface area contributed by atoms with Gasteiger partial charge in [0.05, 0.1) is 10.7 Å². The first kappa shape index (κ1) is 12.7. The molecule has 0 aliphatic rings. The van der Waals surface area contributed by atoms with Crippen molar-refractivity contribution >= 4 is 11.3 Å². The summed E-state index contributed by atoms with van der Waals surface area (Å²) in [5.41, 5.74) is 1.22. The lowest BCUT2D eigenvalue weighted by Crippen LogP contribution is -2.33. The summed E-state index contributed by atoms with van der Waals surface area (Å²) in [6, 6.07) is 0.606. The van der Waals surface area contributed by atoms with Crippen LogP contribution in [0.1, 0.15) is 37.9 Å². The summed E-state index contributed by atoms with van der Waals surface area (Å²) in [6.45, 7) is 9.90. The van der Waals surface area contributed by atoms with Gasteiger partial charge in [0.25, 0.3) is 0 Å². The summed E-state index contributed by atoms with van der Waals surface area (Å²) in [5.74, 6) is 0.752. The number of aryl methyl sites for hydroxylation is 1. The van der Waals surface area contributed by atoms with Crippen molar-refractivity contribution in [1.82, 2.24) is 10.3 Å². The van der Waals surface area contributed by atoms with Crippen LogP contribution < -0.4 is 5.32 Å². The van der Waals surface area contributed by atoms with Gasteiger partial charge in [0.2, 0.25) is 0 Å². The zero-order valence-corrected chi connectivity index (χ0v) is 11.0. The minimum absolute atomic E-state index is 0.606. The molecule has 1 rings (SSSR count). The van der Waals surface area contributed by atoms with Crippen LogP contribution in [0.25, 0.3) is 0 Å². The van der Waals surface area contributed by atoms with E-state index in [4.69, 9.17) is 0 Å². The van der Waals surface area contributed by atoms with Gasteiger partial charge in [-0.3, -0.25) is 0 Å². The smallest absolute Gasteiger partial charge is 0.0897 e. The molecule has 15 heavy (non-hydrogen) atoms. The molecule has 0 spiro atoms. The standard InChI is InChI=1S/C12H22N2S/c1-5-9(2)10(3)13-7-6-12-8-15-11(4)14-12/h8-10,13H,5-7H2,1-4H3. The Morgan fingerprint density at radius 3 is 2.73 bits per heavy atom. The van der Waals surface area contributed by atoms with Crippen LogP contribution in [0.4, 0.5) is 0 Å². The summed E-state index contributed by atoms with van der Waals surface area (Å²) in [6.07, 6.45) is 2.29. The van der Waals surface area contributed by atoms with Crippen molar-refractivity contribution in [2.45, 2.75) is 46.6 Å². The Hall–Kier alpha value is -0.410. The second kappa shape index (κ2) is 6.23. The van der Waals surface area contributed by atoms with Gasteiger partial charge < -0.3 is 5.32 Å². The highest BCUT2D eigenvalue weighted by atomic mass is 32.1. The number of nitrogens with one attached hydrogen (secondary N) is 1. The number of rotatable bonds is 6. The zero-order valence-electron chi connectivity index (χ0n) is 10.2. The number of aromatic nitrogens is 1. The maximum atomic E-state index is 4.45. The van der Waals surface area contributed by atoms with Gasteiger partial charge in [0, 0.05) is 24.4 Å². The molecular weight excluding hydrogens is 204 g/mol. The van der Waals surface area contributed by atoms with Crippen LogP contribution in [0, 0.1) is 12.8 Å². The normalized spacial score (nSPS) is 15.2. The molecule has 0 saturated heterocycles. The SMILES string of the molecule is CCC(C)C(C)NCCc1csc(C)n1. The number of hydrogen-bond acceptors (Lipinski definition) is 3. The molecule has 0 aromatic carbocycles. The van der Waals surface area contributed by atoms with Crippen LogP contribution in [0.15, 0.2) is 5.38 Å². The molecule has 2 unspecified atom stereocenters. The average molecular weight is 226 g/mol. The van der Waals surface area contributed by atoms with E-state index in [1.54, 1.807) is 11.3 Å². The first-order valence-corrected chi connectivity index (χ1v) is 6.65. The van der Waals surface area contributed by atoms with E-state index in [2.05, 4.69) is 43.4 Å². The van der Waals surface area contributed by atoms with Gasteiger partial charge in [-0.2, -0.15) is 0 Å². The molecule has 0 radical (unpaired) electrons. The van der Waals surface area contributed by atoms with Crippen molar-refractivity contribution in [3.63, 3.8) is 0 Å². The maximum Gasteiger partial charge on any atom is 0.0897 e. The molecule has 1 aromatic heterocycles. The second-order valence-electron chi connectivity index (χ2n) is 4.24. The minimum atomic E-state index is 0.606. The fourth-order valence-corrected chi connectivity index (χ4v) is 2.15. The van der Waals surface area contributed by atoms with Crippen molar-refractivity contribution in [3.8, 4) is 0 Å². The van der Waals surface area contributed by atoms with Gasteiger partial charge in [-0.25, -0.2) is 4.98 Å². The predicted octanol–water partition coefficient (Wildman–Crippen LogP) is 3.02. The molecule has 0 aliphatic heterocycles. The molecule has 3 heteroatoms. The molecular formula is C12H22N2S. The summed E-state index contributed by atoms with van der Waals surface area (Å²) >= 11 is 1.74.